The van der Waals surface area contributed by atoms with Gasteiger partial charge in [0.15, 0.2) is 0 Å². The van der Waals surface area contributed by atoms with Gasteiger partial charge in [0.05, 0.1) is 0 Å². The minimum absolute atomic E-state index is 0.496. The van der Waals surface area contributed by atoms with Crippen LogP contribution in [-0.4, -0.2) is 37.6 Å². The molecule has 2 unspecified atom stereocenters. The molecule has 16 heavy (non-hydrogen) atoms. The number of hydrogen-bond acceptors (Lipinski definition) is 2. The van der Waals surface area contributed by atoms with Crippen LogP contribution in [0.4, 0.5) is 0 Å². The van der Waals surface area contributed by atoms with E-state index in [-0.39, 0.29) is 0 Å². The van der Waals surface area contributed by atoms with Gasteiger partial charge in [-0.1, -0.05) is 27.7 Å². The maximum atomic E-state index is 3.38. The summed E-state index contributed by atoms with van der Waals surface area (Å²) in [6.45, 7) is 16.1. The van der Waals surface area contributed by atoms with Crippen LogP contribution < -0.4 is 5.32 Å². The molecule has 0 bridgehead atoms. The molecule has 94 valence electrons. The molecule has 1 N–H and O–H groups in total. The van der Waals surface area contributed by atoms with Crippen molar-refractivity contribution in [2.45, 2.75) is 34.1 Å². The first-order valence-electron chi connectivity index (χ1n) is 6.90. The van der Waals surface area contributed by atoms with Crippen molar-refractivity contribution >= 4 is 0 Å². The minimum Gasteiger partial charge on any atom is -0.316 e. The van der Waals surface area contributed by atoms with E-state index < -0.39 is 0 Å². The van der Waals surface area contributed by atoms with Gasteiger partial charge in [-0.25, -0.2) is 0 Å². The summed E-state index contributed by atoms with van der Waals surface area (Å²) in [6.07, 6.45) is 1.40. The molecule has 0 aromatic heterocycles. The summed E-state index contributed by atoms with van der Waals surface area (Å²) < 4.78 is 0. The van der Waals surface area contributed by atoms with Crippen molar-refractivity contribution < 1.29 is 0 Å². The largest absolute Gasteiger partial charge is 0.316 e. The van der Waals surface area contributed by atoms with Crippen molar-refractivity contribution in [3.05, 3.63) is 0 Å². The molecule has 0 aliphatic carbocycles. The highest BCUT2D eigenvalue weighted by atomic mass is 15.2. The minimum atomic E-state index is 0.496. The van der Waals surface area contributed by atoms with Crippen molar-refractivity contribution in [1.29, 1.82) is 0 Å². The van der Waals surface area contributed by atoms with Crippen LogP contribution in [0.5, 0.6) is 0 Å². The smallest absolute Gasteiger partial charge is 0.00153 e. The molecule has 2 aliphatic heterocycles. The van der Waals surface area contributed by atoms with E-state index >= 15 is 0 Å². The number of nitrogens with zero attached hydrogens (tertiary/aromatic N) is 1. The molecule has 2 heterocycles. The number of likely N-dealkylation sites (tertiary alicyclic amines) is 1. The Morgan fingerprint density at radius 2 is 2.00 bits per heavy atom. The molecule has 0 saturated carbocycles. The number of nitrogens with one attached hydrogen (secondary N) is 1. The molecule has 0 aromatic rings. The van der Waals surface area contributed by atoms with E-state index in [1.807, 2.05) is 0 Å². The van der Waals surface area contributed by atoms with Crippen molar-refractivity contribution in [1.82, 2.24) is 10.2 Å². The molecule has 2 fully saturated rings. The molecule has 2 saturated heterocycles. The Balaban J connectivity index is 1.76. The van der Waals surface area contributed by atoms with Crippen molar-refractivity contribution in [3.8, 4) is 0 Å². The summed E-state index contributed by atoms with van der Waals surface area (Å²) in [5, 5.41) is 3.38. The van der Waals surface area contributed by atoms with E-state index in [2.05, 4.69) is 37.9 Å². The lowest BCUT2D eigenvalue weighted by atomic mass is 9.80. The Morgan fingerprint density at radius 1 is 1.31 bits per heavy atom. The van der Waals surface area contributed by atoms with E-state index in [1.165, 1.54) is 39.1 Å². The molecule has 2 nitrogen and oxygen atoms in total. The lowest BCUT2D eigenvalue weighted by Crippen LogP contribution is -2.48. The third kappa shape index (κ3) is 2.78. The second kappa shape index (κ2) is 4.66. The van der Waals surface area contributed by atoms with Gasteiger partial charge in [-0.05, 0) is 49.2 Å². The highest BCUT2D eigenvalue weighted by Gasteiger charge is 2.33. The SMILES string of the molecule is CC(CN1CCC(C(C)(C)C)C1)C1CNC1. The van der Waals surface area contributed by atoms with E-state index in [4.69, 9.17) is 0 Å². The number of hydrogen-bond donors (Lipinski definition) is 1. The monoisotopic (exact) mass is 224 g/mol. The molecule has 2 aliphatic rings. The van der Waals surface area contributed by atoms with Gasteiger partial charge < -0.3 is 10.2 Å². The first-order chi connectivity index (χ1) is 7.47. The summed E-state index contributed by atoms with van der Waals surface area (Å²) in [4.78, 5) is 2.69. The van der Waals surface area contributed by atoms with Gasteiger partial charge in [-0.2, -0.15) is 0 Å². The average molecular weight is 224 g/mol. The first kappa shape index (κ1) is 12.4. The Hall–Kier alpha value is -0.0800. The van der Waals surface area contributed by atoms with E-state index in [0.717, 1.165) is 17.8 Å². The van der Waals surface area contributed by atoms with Crippen molar-refractivity contribution in [2.75, 3.05) is 32.7 Å². The summed E-state index contributed by atoms with van der Waals surface area (Å²) in [5.74, 6) is 2.72. The van der Waals surface area contributed by atoms with Crippen LogP contribution in [0.3, 0.4) is 0 Å². The predicted octanol–water partition coefficient (Wildman–Crippen LogP) is 2.21. The fourth-order valence-corrected chi connectivity index (χ4v) is 2.98. The Morgan fingerprint density at radius 3 is 2.44 bits per heavy atom. The van der Waals surface area contributed by atoms with Gasteiger partial charge in [0.2, 0.25) is 0 Å². The van der Waals surface area contributed by atoms with Gasteiger partial charge >= 0.3 is 0 Å². The van der Waals surface area contributed by atoms with Crippen LogP contribution in [0, 0.1) is 23.2 Å². The van der Waals surface area contributed by atoms with Crippen LogP contribution in [0.1, 0.15) is 34.1 Å². The molecule has 0 amide bonds. The van der Waals surface area contributed by atoms with Crippen molar-refractivity contribution in [3.63, 3.8) is 0 Å². The lowest BCUT2D eigenvalue weighted by Gasteiger charge is -2.35. The van der Waals surface area contributed by atoms with Crippen LogP contribution in [0.2, 0.25) is 0 Å². The topological polar surface area (TPSA) is 15.3 Å². The van der Waals surface area contributed by atoms with E-state index in [0.29, 0.717) is 5.41 Å². The fraction of sp³-hybridized carbons (Fsp3) is 1.00. The molecular weight excluding hydrogens is 196 g/mol. The predicted molar refractivity (Wildman–Crippen MR) is 69.5 cm³/mol. The summed E-state index contributed by atoms with van der Waals surface area (Å²) in [6, 6.07) is 0. The summed E-state index contributed by atoms with van der Waals surface area (Å²) in [7, 11) is 0. The van der Waals surface area contributed by atoms with Gasteiger partial charge in [0.25, 0.3) is 0 Å². The standard InChI is InChI=1S/C14H28N2/c1-11(12-7-15-8-12)9-16-6-5-13(10-16)14(2,3)4/h11-13,15H,5-10H2,1-4H3. The highest BCUT2D eigenvalue weighted by molar-refractivity contribution is 4.87. The van der Waals surface area contributed by atoms with E-state index in [1.54, 1.807) is 0 Å². The average Bonchev–Trinajstić information content (AvgIpc) is 2.47. The Labute approximate surface area is 101 Å². The zero-order chi connectivity index (χ0) is 11.8. The second-order valence-electron chi connectivity index (χ2n) is 7.01. The fourth-order valence-electron chi connectivity index (χ4n) is 2.98. The normalized spacial score (nSPS) is 30.4. The molecule has 2 atom stereocenters. The molecule has 2 heteroatoms. The summed E-state index contributed by atoms with van der Waals surface area (Å²) >= 11 is 0. The van der Waals surface area contributed by atoms with Gasteiger partial charge in [-0.3, -0.25) is 0 Å². The van der Waals surface area contributed by atoms with Gasteiger partial charge in [-0.15, -0.1) is 0 Å². The number of rotatable bonds is 3. The van der Waals surface area contributed by atoms with Crippen molar-refractivity contribution in [2.24, 2.45) is 23.2 Å². The van der Waals surface area contributed by atoms with Gasteiger partial charge in [0, 0.05) is 13.1 Å². The van der Waals surface area contributed by atoms with Crippen LogP contribution in [0.15, 0.2) is 0 Å². The first-order valence-corrected chi connectivity index (χ1v) is 6.90. The maximum absolute atomic E-state index is 3.38. The zero-order valence-corrected chi connectivity index (χ0v) is 11.4. The summed E-state index contributed by atoms with van der Waals surface area (Å²) in [5.41, 5.74) is 0.496. The lowest BCUT2D eigenvalue weighted by molar-refractivity contribution is 0.170. The van der Waals surface area contributed by atoms with E-state index in [9.17, 15) is 0 Å². The molecule has 0 aromatic carbocycles. The van der Waals surface area contributed by atoms with Crippen LogP contribution in [-0.2, 0) is 0 Å². The highest BCUT2D eigenvalue weighted by Crippen LogP contribution is 2.34. The molecule has 0 radical (unpaired) electrons. The Kier molecular flexibility index (Phi) is 3.60. The maximum Gasteiger partial charge on any atom is 0.00153 e. The molecular formula is C14H28N2. The third-order valence-electron chi connectivity index (χ3n) is 4.66. The van der Waals surface area contributed by atoms with Crippen LogP contribution in [0.25, 0.3) is 0 Å². The van der Waals surface area contributed by atoms with Gasteiger partial charge in [0.1, 0.15) is 0 Å². The molecule has 2 rings (SSSR count). The van der Waals surface area contributed by atoms with Crippen LogP contribution >= 0.6 is 0 Å². The Bertz CT molecular complexity index is 227. The molecule has 0 spiro atoms. The zero-order valence-electron chi connectivity index (χ0n) is 11.4. The quantitative estimate of drug-likeness (QED) is 0.791. The third-order valence-corrected chi connectivity index (χ3v) is 4.66. The second-order valence-corrected chi connectivity index (χ2v) is 7.01.